The Morgan fingerprint density at radius 1 is 1.15 bits per heavy atom. The fraction of sp³-hybridized carbons (Fsp3) is 0.548. The van der Waals surface area contributed by atoms with Crippen LogP contribution in [0.4, 0.5) is 5.69 Å². The van der Waals surface area contributed by atoms with E-state index >= 15 is 0 Å². The third kappa shape index (κ3) is 6.95. The van der Waals surface area contributed by atoms with E-state index in [9.17, 15) is 0 Å². The normalized spacial score (nSPS) is 21.5. The van der Waals surface area contributed by atoms with Gasteiger partial charge in [-0.1, -0.05) is 25.1 Å². The van der Waals surface area contributed by atoms with Crippen molar-refractivity contribution in [3.05, 3.63) is 66.2 Å². The minimum absolute atomic E-state index is 0.0566. The predicted molar refractivity (Wildman–Crippen MR) is 155 cm³/mol. The van der Waals surface area contributed by atoms with Crippen LogP contribution >= 0.6 is 0 Å². The van der Waals surface area contributed by atoms with Gasteiger partial charge in [0.2, 0.25) is 0 Å². The molecule has 0 spiro atoms. The molecule has 0 amide bonds. The second-order valence-corrected chi connectivity index (χ2v) is 10.7. The van der Waals surface area contributed by atoms with E-state index in [0.29, 0.717) is 25.3 Å². The number of piperidine rings is 1. The first-order valence-electron chi connectivity index (χ1n) is 14.5. The Hall–Kier alpha value is -3.14. The monoisotopic (exact) mass is 549 g/mol. The number of benzene rings is 2. The van der Waals surface area contributed by atoms with Crippen molar-refractivity contribution in [3.8, 4) is 11.5 Å². The number of nitrogens with zero attached hydrogens (tertiary/aromatic N) is 4. The number of anilines is 1. The van der Waals surface area contributed by atoms with Crippen LogP contribution in [0.3, 0.4) is 0 Å². The Morgan fingerprint density at radius 3 is 2.77 bits per heavy atom. The lowest BCUT2D eigenvalue weighted by Gasteiger charge is -2.38. The first kappa shape index (κ1) is 28.4. The summed E-state index contributed by atoms with van der Waals surface area (Å²) in [6.45, 7) is 6.88. The van der Waals surface area contributed by atoms with Gasteiger partial charge in [-0.05, 0) is 61.1 Å². The van der Waals surface area contributed by atoms with E-state index in [0.717, 1.165) is 74.7 Å². The first-order valence-corrected chi connectivity index (χ1v) is 14.5. The first-order chi connectivity index (χ1) is 19.7. The highest BCUT2D eigenvalue weighted by Gasteiger charge is 2.33. The van der Waals surface area contributed by atoms with Crippen LogP contribution in [0.5, 0.6) is 11.5 Å². The zero-order valence-electron chi connectivity index (χ0n) is 24.0. The van der Waals surface area contributed by atoms with Crippen molar-refractivity contribution >= 4 is 5.69 Å². The van der Waals surface area contributed by atoms with E-state index in [1.807, 2.05) is 11.0 Å². The molecule has 40 heavy (non-hydrogen) atoms. The summed E-state index contributed by atoms with van der Waals surface area (Å²) in [6, 6.07) is 15.6. The van der Waals surface area contributed by atoms with Gasteiger partial charge in [0, 0.05) is 38.8 Å². The van der Waals surface area contributed by atoms with Gasteiger partial charge in [0.05, 0.1) is 38.1 Å². The summed E-state index contributed by atoms with van der Waals surface area (Å²) in [5.41, 5.74) is 3.60. The van der Waals surface area contributed by atoms with Crippen molar-refractivity contribution in [1.29, 1.82) is 0 Å². The molecule has 5 rings (SSSR count). The molecule has 0 radical (unpaired) electrons. The molecule has 1 aromatic heterocycles. The fourth-order valence-electron chi connectivity index (χ4n) is 5.96. The van der Waals surface area contributed by atoms with Crippen molar-refractivity contribution in [2.75, 3.05) is 52.0 Å². The molecule has 9 nitrogen and oxygen atoms in total. The SMILES string of the molecule is CCC(C[C@H]1C[C@H](c2ccc(OC)cc2)[C@@H](OCc2ccc3c(c2)N(CCCOC)CCO3)CN1)n1cncn1. The summed E-state index contributed by atoms with van der Waals surface area (Å²) >= 11 is 0. The average molecular weight is 550 g/mol. The van der Waals surface area contributed by atoms with Crippen LogP contribution in [0, 0.1) is 0 Å². The van der Waals surface area contributed by atoms with E-state index in [2.05, 4.69) is 69.7 Å². The number of rotatable bonds is 13. The van der Waals surface area contributed by atoms with Crippen molar-refractivity contribution < 1.29 is 18.9 Å². The van der Waals surface area contributed by atoms with Crippen LogP contribution in [0.1, 0.15) is 55.7 Å². The Kier molecular flexibility index (Phi) is 9.91. The minimum atomic E-state index is 0.0566. The van der Waals surface area contributed by atoms with Crippen LogP contribution in [-0.2, 0) is 16.1 Å². The van der Waals surface area contributed by atoms with E-state index < -0.39 is 0 Å². The molecule has 3 aromatic rings. The maximum Gasteiger partial charge on any atom is 0.142 e. The number of hydrogen-bond acceptors (Lipinski definition) is 8. The summed E-state index contributed by atoms with van der Waals surface area (Å²) in [5, 5.41) is 8.19. The molecular formula is C31H43N5O4. The van der Waals surface area contributed by atoms with Crippen molar-refractivity contribution in [2.45, 2.75) is 63.3 Å². The standard InChI is InChI=1S/C31H43N5O4/c1-4-26(36-22-32-21-34-36)17-25-18-28(24-7-9-27(38-3)10-8-24)31(19-33-25)40-20-23-6-11-30-29(16-23)35(13-15-39-30)12-5-14-37-2/h6-11,16,21-22,25-26,28,31,33H,4-5,12-15,17-20H2,1-3H3/t25-,26?,28+,31-/m0/s1. The number of methoxy groups -OCH3 is 2. The van der Waals surface area contributed by atoms with E-state index in [-0.39, 0.29) is 12.0 Å². The summed E-state index contributed by atoms with van der Waals surface area (Å²) < 4.78 is 25.3. The van der Waals surface area contributed by atoms with Gasteiger partial charge in [-0.25, -0.2) is 9.67 Å². The maximum absolute atomic E-state index is 6.67. The highest BCUT2D eigenvalue weighted by atomic mass is 16.5. The minimum Gasteiger partial charge on any atom is -0.497 e. The van der Waals surface area contributed by atoms with Crippen molar-refractivity contribution in [1.82, 2.24) is 20.1 Å². The Balaban J connectivity index is 1.28. The quantitative estimate of drug-likeness (QED) is 0.310. The van der Waals surface area contributed by atoms with Gasteiger partial charge in [-0.3, -0.25) is 0 Å². The van der Waals surface area contributed by atoms with Crippen molar-refractivity contribution in [3.63, 3.8) is 0 Å². The molecular weight excluding hydrogens is 506 g/mol. The molecule has 2 aromatic carbocycles. The molecule has 1 fully saturated rings. The number of ether oxygens (including phenoxy) is 4. The van der Waals surface area contributed by atoms with E-state index in [1.54, 1.807) is 20.5 Å². The Labute approximate surface area is 237 Å². The second-order valence-electron chi connectivity index (χ2n) is 10.7. The molecule has 0 bridgehead atoms. The smallest absolute Gasteiger partial charge is 0.142 e. The predicted octanol–water partition coefficient (Wildman–Crippen LogP) is 4.59. The summed E-state index contributed by atoms with van der Waals surface area (Å²) in [6.07, 6.45) is 7.50. The Morgan fingerprint density at radius 2 is 2.02 bits per heavy atom. The molecule has 3 heterocycles. The van der Waals surface area contributed by atoms with Crippen LogP contribution in [0.2, 0.25) is 0 Å². The van der Waals surface area contributed by atoms with Gasteiger partial charge >= 0.3 is 0 Å². The molecule has 1 saturated heterocycles. The maximum atomic E-state index is 6.67. The number of fused-ring (bicyclic) bond motifs is 1. The molecule has 216 valence electrons. The summed E-state index contributed by atoms with van der Waals surface area (Å²) in [5.74, 6) is 2.09. The van der Waals surface area contributed by atoms with Crippen molar-refractivity contribution in [2.24, 2.45) is 0 Å². The second kappa shape index (κ2) is 14.0. The molecule has 1 N–H and O–H groups in total. The average Bonchev–Trinajstić information content (AvgIpc) is 3.54. The fourth-order valence-corrected chi connectivity index (χ4v) is 5.96. The molecule has 2 aliphatic heterocycles. The topological polar surface area (TPSA) is 82.9 Å². The van der Waals surface area contributed by atoms with E-state index in [1.165, 1.54) is 5.56 Å². The summed E-state index contributed by atoms with van der Waals surface area (Å²) in [7, 11) is 3.46. The number of hydrogen-bond donors (Lipinski definition) is 1. The van der Waals surface area contributed by atoms with Crippen LogP contribution in [0.25, 0.3) is 0 Å². The van der Waals surface area contributed by atoms with E-state index in [4.69, 9.17) is 18.9 Å². The molecule has 1 unspecified atom stereocenters. The van der Waals surface area contributed by atoms with Gasteiger partial charge in [0.15, 0.2) is 0 Å². The summed E-state index contributed by atoms with van der Waals surface area (Å²) in [4.78, 5) is 6.56. The van der Waals surface area contributed by atoms with Gasteiger partial charge < -0.3 is 29.2 Å². The van der Waals surface area contributed by atoms with Gasteiger partial charge in [-0.15, -0.1) is 0 Å². The zero-order chi connectivity index (χ0) is 27.7. The highest BCUT2D eigenvalue weighted by Crippen LogP contribution is 2.36. The molecule has 9 heteroatoms. The highest BCUT2D eigenvalue weighted by molar-refractivity contribution is 5.61. The van der Waals surface area contributed by atoms with Gasteiger partial charge in [-0.2, -0.15) is 5.10 Å². The lowest BCUT2D eigenvalue weighted by molar-refractivity contribution is 0.00103. The van der Waals surface area contributed by atoms with Crippen LogP contribution < -0.4 is 19.7 Å². The lowest BCUT2D eigenvalue weighted by atomic mass is 9.82. The van der Waals surface area contributed by atoms with Gasteiger partial charge in [0.1, 0.15) is 30.8 Å². The third-order valence-electron chi connectivity index (χ3n) is 8.20. The van der Waals surface area contributed by atoms with Crippen LogP contribution in [-0.4, -0.2) is 74.0 Å². The molecule has 0 aliphatic carbocycles. The number of aromatic nitrogens is 3. The van der Waals surface area contributed by atoms with Gasteiger partial charge in [0.25, 0.3) is 0 Å². The number of nitrogens with one attached hydrogen (secondary N) is 1. The largest absolute Gasteiger partial charge is 0.497 e. The Bertz CT molecular complexity index is 1170. The zero-order valence-corrected chi connectivity index (χ0v) is 24.0. The third-order valence-corrected chi connectivity index (χ3v) is 8.20. The molecule has 0 saturated carbocycles. The molecule has 4 atom stereocenters. The lowest BCUT2D eigenvalue weighted by Crippen LogP contribution is -2.47. The molecule has 2 aliphatic rings. The van der Waals surface area contributed by atoms with Crippen LogP contribution in [0.15, 0.2) is 55.1 Å².